The van der Waals surface area contributed by atoms with Crippen molar-refractivity contribution >= 4 is 17.2 Å². The van der Waals surface area contributed by atoms with Crippen LogP contribution in [-0.2, 0) is 0 Å². The maximum atomic E-state index is 9.48. The van der Waals surface area contributed by atoms with E-state index in [9.17, 15) is 5.11 Å². The first-order valence-electron chi connectivity index (χ1n) is 4.36. The average Bonchev–Trinajstić information content (AvgIpc) is 2.06. The summed E-state index contributed by atoms with van der Waals surface area (Å²) in [6.45, 7) is 3.76. The zero-order valence-corrected chi connectivity index (χ0v) is 8.41. The number of anilines is 3. The number of aliphatic hydroxyl groups is 1. The van der Waals surface area contributed by atoms with Gasteiger partial charge in [-0.05, 0) is 19.9 Å². The number of nitrogens with two attached hydrogens (primary N) is 2. The Balaban J connectivity index is 2.73. The van der Waals surface area contributed by atoms with Gasteiger partial charge in [0.2, 0.25) is 0 Å². The Morgan fingerprint density at radius 2 is 2.14 bits per heavy atom. The molecule has 0 aliphatic carbocycles. The lowest BCUT2D eigenvalue weighted by Gasteiger charge is -2.18. The van der Waals surface area contributed by atoms with Crippen LogP contribution in [0.1, 0.15) is 13.8 Å². The molecule has 0 bridgehead atoms. The van der Waals surface area contributed by atoms with Crippen LogP contribution < -0.4 is 16.8 Å². The summed E-state index contributed by atoms with van der Waals surface area (Å²) in [6.07, 6.45) is 1.57. The van der Waals surface area contributed by atoms with Gasteiger partial charge in [0.15, 0.2) is 5.82 Å². The van der Waals surface area contributed by atoms with Gasteiger partial charge in [0.25, 0.3) is 0 Å². The fourth-order valence-electron chi connectivity index (χ4n) is 0.929. The fourth-order valence-corrected chi connectivity index (χ4v) is 0.929. The highest BCUT2D eigenvalue weighted by molar-refractivity contribution is 5.75. The monoisotopic (exact) mass is 196 g/mol. The van der Waals surface area contributed by atoms with Crippen molar-refractivity contribution in [3.8, 4) is 0 Å². The molecule has 5 nitrogen and oxygen atoms in total. The second kappa shape index (κ2) is 3.71. The fraction of sp³-hybridized carbons (Fsp3) is 0.444. The Kier molecular flexibility index (Phi) is 2.81. The summed E-state index contributed by atoms with van der Waals surface area (Å²) in [7, 11) is 0. The Morgan fingerprint density at radius 1 is 1.50 bits per heavy atom. The van der Waals surface area contributed by atoms with Gasteiger partial charge in [0.1, 0.15) is 0 Å². The maximum Gasteiger partial charge on any atom is 0.151 e. The third kappa shape index (κ3) is 2.77. The largest absolute Gasteiger partial charge is 0.397 e. The highest BCUT2D eigenvalue weighted by Gasteiger charge is 2.13. The molecule has 0 aromatic carbocycles. The molecule has 0 spiro atoms. The Labute approximate surface area is 83.1 Å². The lowest BCUT2D eigenvalue weighted by atomic mass is 10.1. The Bertz CT molecular complexity index is 319. The van der Waals surface area contributed by atoms with Crippen molar-refractivity contribution in [2.45, 2.75) is 19.4 Å². The summed E-state index contributed by atoms with van der Waals surface area (Å²) < 4.78 is 0. The standard InChI is InChI=1S/C9H16N4O/c1-9(2,14)5-13-8-7(11)6(10)3-4-12-8/h3-4,14H,5,11H2,1-2H3,(H3,10,12,13). The molecule has 0 saturated heterocycles. The van der Waals surface area contributed by atoms with Crippen LogP contribution in [0.4, 0.5) is 17.2 Å². The van der Waals surface area contributed by atoms with Crippen LogP contribution >= 0.6 is 0 Å². The molecule has 0 aliphatic heterocycles. The Morgan fingerprint density at radius 3 is 2.71 bits per heavy atom. The van der Waals surface area contributed by atoms with E-state index >= 15 is 0 Å². The van der Waals surface area contributed by atoms with Crippen LogP contribution in [0.2, 0.25) is 0 Å². The van der Waals surface area contributed by atoms with Gasteiger partial charge >= 0.3 is 0 Å². The minimum absolute atomic E-state index is 0.369. The number of nitrogens with zero attached hydrogens (tertiary/aromatic N) is 1. The van der Waals surface area contributed by atoms with Crippen LogP contribution in [0.5, 0.6) is 0 Å². The summed E-state index contributed by atoms with van der Waals surface area (Å²) in [5.41, 5.74) is 11.4. The lowest BCUT2D eigenvalue weighted by molar-refractivity contribution is 0.0944. The third-order valence-electron chi connectivity index (χ3n) is 1.71. The molecule has 0 fully saturated rings. The number of nitrogen functional groups attached to an aromatic ring is 2. The van der Waals surface area contributed by atoms with Crippen LogP contribution in [0.25, 0.3) is 0 Å². The van der Waals surface area contributed by atoms with Gasteiger partial charge in [-0.2, -0.15) is 0 Å². The predicted octanol–water partition coefficient (Wildman–Crippen LogP) is 0.429. The van der Waals surface area contributed by atoms with E-state index in [1.165, 1.54) is 0 Å². The first-order chi connectivity index (χ1) is 6.40. The van der Waals surface area contributed by atoms with Gasteiger partial charge in [-0.3, -0.25) is 0 Å². The smallest absolute Gasteiger partial charge is 0.151 e. The summed E-state index contributed by atoms with van der Waals surface area (Å²) in [6, 6.07) is 1.63. The topological polar surface area (TPSA) is 97.2 Å². The van der Waals surface area contributed by atoms with Crippen molar-refractivity contribution in [3.05, 3.63) is 12.3 Å². The minimum atomic E-state index is -0.807. The first kappa shape index (κ1) is 10.6. The molecule has 78 valence electrons. The predicted molar refractivity (Wildman–Crippen MR) is 57.8 cm³/mol. The zero-order valence-electron chi connectivity index (χ0n) is 8.41. The molecule has 6 N–H and O–H groups in total. The van der Waals surface area contributed by atoms with Gasteiger partial charge in [-0.1, -0.05) is 0 Å². The van der Waals surface area contributed by atoms with Crippen molar-refractivity contribution < 1.29 is 5.11 Å². The third-order valence-corrected chi connectivity index (χ3v) is 1.71. The molecule has 1 aromatic heterocycles. The van der Waals surface area contributed by atoms with E-state index < -0.39 is 5.60 Å². The van der Waals surface area contributed by atoms with E-state index in [-0.39, 0.29) is 0 Å². The van der Waals surface area contributed by atoms with Gasteiger partial charge in [0.05, 0.1) is 17.0 Å². The van der Waals surface area contributed by atoms with E-state index in [1.54, 1.807) is 26.1 Å². The summed E-state index contributed by atoms with van der Waals surface area (Å²) in [4.78, 5) is 4.01. The second-order valence-electron chi connectivity index (χ2n) is 3.83. The van der Waals surface area contributed by atoms with Crippen LogP contribution in [0.15, 0.2) is 12.3 Å². The molecule has 1 aromatic rings. The van der Waals surface area contributed by atoms with E-state index in [0.29, 0.717) is 23.7 Å². The molecule has 0 radical (unpaired) electrons. The number of pyridine rings is 1. The van der Waals surface area contributed by atoms with Gasteiger partial charge in [-0.25, -0.2) is 4.98 Å². The Hall–Kier alpha value is -1.49. The van der Waals surface area contributed by atoms with Crippen molar-refractivity contribution in [1.82, 2.24) is 4.98 Å². The second-order valence-corrected chi connectivity index (χ2v) is 3.83. The summed E-state index contributed by atoms with van der Waals surface area (Å²) in [5, 5.41) is 12.4. The molecular formula is C9H16N4O. The lowest BCUT2D eigenvalue weighted by Crippen LogP contribution is -2.29. The first-order valence-corrected chi connectivity index (χ1v) is 4.36. The van der Waals surface area contributed by atoms with Crippen molar-refractivity contribution in [3.63, 3.8) is 0 Å². The summed E-state index contributed by atoms with van der Waals surface area (Å²) >= 11 is 0. The molecule has 1 heterocycles. The molecule has 14 heavy (non-hydrogen) atoms. The summed E-state index contributed by atoms with van der Waals surface area (Å²) in [5.74, 6) is 0.507. The van der Waals surface area contributed by atoms with Crippen molar-refractivity contribution in [2.24, 2.45) is 0 Å². The minimum Gasteiger partial charge on any atom is -0.397 e. The van der Waals surface area contributed by atoms with E-state index in [2.05, 4.69) is 10.3 Å². The molecule has 0 amide bonds. The highest BCUT2D eigenvalue weighted by atomic mass is 16.3. The molecule has 5 heteroatoms. The quantitative estimate of drug-likeness (QED) is 0.562. The number of nitrogens with one attached hydrogen (secondary N) is 1. The number of hydrogen-bond donors (Lipinski definition) is 4. The highest BCUT2D eigenvalue weighted by Crippen LogP contribution is 2.21. The number of rotatable bonds is 3. The van der Waals surface area contributed by atoms with Crippen LogP contribution in [-0.4, -0.2) is 22.2 Å². The maximum absolute atomic E-state index is 9.48. The number of aromatic nitrogens is 1. The number of hydrogen-bond acceptors (Lipinski definition) is 5. The van der Waals surface area contributed by atoms with E-state index in [4.69, 9.17) is 11.5 Å². The van der Waals surface area contributed by atoms with E-state index in [1.807, 2.05) is 0 Å². The SMILES string of the molecule is CC(C)(O)CNc1nccc(N)c1N. The normalized spacial score (nSPS) is 11.4. The molecule has 0 aliphatic rings. The van der Waals surface area contributed by atoms with Crippen LogP contribution in [0.3, 0.4) is 0 Å². The van der Waals surface area contributed by atoms with Gasteiger partial charge in [-0.15, -0.1) is 0 Å². The molecule has 0 saturated carbocycles. The average molecular weight is 196 g/mol. The van der Waals surface area contributed by atoms with Gasteiger partial charge in [0, 0.05) is 12.7 Å². The van der Waals surface area contributed by atoms with Crippen molar-refractivity contribution in [1.29, 1.82) is 0 Å². The molecule has 0 unspecified atom stereocenters. The molecular weight excluding hydrogens is 180 g/mol. The van der Waals surface area contributed by atoms with E-state index in [0.717, 1.165) is 0 Å². The zero-order chi connectivity index (χ0) is 10.8. The van der Waals surface area contributed by atoms with Crippen LogP contribution in [0, 0.1) is 0 Å². The van der Waals surface area contributed by atoms with Gasteiger partial charge < -0.3 is 21.9 Å². The molecule has 1 rings (SSSR count). The van der Waals surface area contributed by atoms with Crippen molar-refractivity contribution in [2.75, 3.05) is 23.3 Å². The molecule has 0 atom stereocenters.